The Balaban J connectivity index is 0.000000147. The number of H-pyrrole nitrogens is 2. The molecule has 0 bridgehead atoms. The number of hydrogen-bond donors (Lipinski definition) is 15. The lowest BCUT2D eigenvalue weighted by molar-refractivity contribution is -0.120. The third kappa shape index (κ3) is 21.2. The molecule has 12 aromatic rings. The number of ketones is 2. The second kappa shape index (κ2) is 41.5. The first-order chi connectivity index (χ1) is 64.1. The number of nitrogen functional groups attached to an aromatic ring is 5. The fraction of sp³-hybridized carbons (Fsp3) is 0.455. The van der Waals surface area contributed by atoms with Crippen LogP contribution in [0.2, 0.25) is 0 Å². The number of alkyl halides is 10. The number of nitrogens with one attached hydrogen (secondary N) is 2. The quantitative estimate of drug-likeness (QED) is 0.0166. The van der Waals surface area contributed by atoms with Gasteiger partial charge in [0.2, 0.25) is 58.4 Å². The zero-order valence-corrected chi connectivity index (χ0v) is 81.2. The summed E-state index contributed by atoms with van der Waals surface area (Å²) >= 11 is 14.2. The second-order valence-electron chi connectivity index (χ2n) is 31.2. The number of benzene rings is 2. The number of aromatic nitrogens is 17. The molecule has 136 heavy (non-hydrogen) atoms. The van der Waals surface area contributed by atoms with Crippen LogP contribution in [0.15, 0.2) is 126 Å². The summed E-state index contributed by atoms with van der Waals surface area (Å²) in [5.41, 5.74) is 28.5. The Kier molecular flexibility index (Phi) is 31.7. The zero-order chi connectivity index (χ0) is 99.1. The number of aliphatic hydroxyl groups is 8. The number of imidazole rings is 2. The van der Waals surface area contributed by atoms with E-state index in [1.807, 2.05) is 0 Å². The minimum absolute atomic E-state index is 0.0462. The highest BCUT2D eigenvalue weighted by Crippen LogP contribution is 2.57. The lowest BCUT2D eigenvalue weighted by Crippen LogP contribution is -2.38. The Morgan fingerprint density at radius 2 is 0.772 bits per heavy atom. The third-order valence-corrected chi connectivity index (χ3v) is 30.2. The average molecular weight is 2280 g/mol. The summed E-state index contributed by atoms with van der Waals surface area (Å²) in [7, 11) is -5.10. The van der Waals surface area contributed by atoms with E-state index >= 15 is 8.78 Å². The van der Waals surface area contributed by atoms with E-state index < -0.39 is 186 Å². The maximum atomic E-state index is 15.8. The van der Waals surface area contributed by atoms with Gasteiger partial charge in [0.15, 0.2) is 64.8 Å². The number of halogens is 10. The van der Waals surface area contributed by atoms with Crippen LogP contribution in [-0.2, 0) is 51.5 Å². The number of nitrogens with two attached hydrogens (primary N) is 5. The molecular formula is C77H88Br5F5N22O25P2. The van der Waals surface area contributed by atoms with Gasteiger partial charge >= 0.3 is 15.2 Å². The molecule has 5 saturated heterocycles. The van der Waals surface area contributed by atoms with Gasteiger partial charge < -0.3 is 125 Å². The van der Waals surface area contributed by atoms with Crippen LogP contribution in [0, 0.1) is 11.8 Å². The third-order valence-electron chi connectivity index (χ3n) is 21.9. The van der Waals surface area contributed by atoms with Crippen molar-refractivity contribution in [2.75, 3.05) is 88.2 Å². The predicted molar refractivity (Wildman–Crippen MR) is 489 cm³/mol. The zero-order valence-electron chi connectivity index (χ0n) is 71.5. The van der Waals surface area contributed by atoms with Gasteiger partial charge in [0.05, 0.1) is 88.4 Å². The highest BCUT2D eigenvalue weighted by molar-refractivity contribution is 9.10. The van der Waals surface area contributed by atoms with E-state index in [0.717, 1.165) is 0 Å². The van der Waals surface area contributed by atoms with Gasteiger partial charge in [-0.15, -0.1) is 0 Å². The molecule has 20 N–H and O–H groups in total. The largest absolute Gasteiger partial charge is 0.479 e. The lowest BCUT2D eigenvalue weighted by atomic mass is 10.1. The first-order valence-corrected chi connectivity index (χ1v) is 47.7. The first kappa shape index (κ1) is 104. The van der Waals surface area contributed by atoms with Crippen LogP contribution >= 0.6 is 94.8 Å². The normalized spacial score (nSPS) is 29.3. The summed E-state index contributed by atoms with van der Waals surface area (Å²) in [4.78, 5) is 92.2. The average Bonchev–Trinajstić information content (AvgIpc) is 1.62. The predicted octanol–water partition coefficient (Wildman–Crippen LogP) is 6.06. The number of carbonyl (C=O) groups is 2. The molecule has 5 aliphatic rings. The number of Topliss-reactive ketones (excluding diaryl/α,β-unsaturated/α-hetero) is 2. The molecule has 10 aromatic heterocycles. The summed E-state index contributed by atoms with van der Waals surface area (Å²) in [6.07, 6.45) is -13.1. The molecule has 5 aliphatic heterocycles. The van der Waals surface area contributed by atoms with Crippen molar-refractivity contribution < 1.29 is 133 Å². The Labute approximate surface area is 804 Å². The minimum atomic E-state index is -3.93. The first-order valence-electron chi connectivity index (χ1n) is 40.3. The van der Waals surface area contributed by atoms with Gasteiger partial charge in [-0.05, 0) is 136 Å². The van der Waals surface area contributed by atoms with E-state index in [1.165, 1.54) is 94.4 Å². The lowest BCUT2D eigenvalue weighted by Gasteiger charge is -2.24. The molecular weight excluding hydrogens is 2190 g/mol. The molecule has 2 aromatic carbocycles. The number of aromatic amines is 2. The molecule has 736 valence electrons. The Hall–Kier alpha value is -9.55. The van der Waals surface area contributed by atoms with E-state index in [2.05, 4.69) is 139 Å². The van der Waals surface area contributed by atoms with E-state index in [9.17, 15) is 67.0 Å². The van der Waals surface area contributed by atoms with Gasteiger partial charge in [-0.25, -0.2) is 51.0 Å². The summed E-state index contributed by atoms with van der Waals surface area (Å²) < 4.78 is 157. The van der Waals surface area contributed by atoms with E-state index in [-0.39, 0.29) is 121 Å². The highest BCUT2D eigenvalue weighted by atomic mass is 79.9. The van der Waals surface area contributed by atoms with Gasteiger partial charge in [0.25, 0.3) is 11.1 Å². The molecule has 0 radical (unpaired) electrons. The van der Waals surface area contributed by atoms with Crippen LogP contribution in [0.3, 0.4) is 0 Å². The van der Waals surface area contributed by atoms with Gasteiger partial charge in [-0.2, -0.15) is 29.9 Å². The Morgan fingerprint density at radius 3 is 1.10 bits per heavy atom. The van der Waals surface area contributed by atoms with Gasteiger partial charge in [0, 0.05) is 30.4 Å². The molecule has 47 nitrogen and oxygen atoms in total. The van der Waals surface area contributed by atoms with Gasteiger partial charge in [-0.3, -0.25) is 47.3 Å². The maximum Gasteiger partial charge on any atom is 0.379 e. The number of nitrogens with zero attached hydrogens (tertiary/aromatic N) is 15. The fourth-order valence-electron chi connectivity index (χ4n) is 14.5. The topological polar surface area (TPSA) is 681 Å². The molecule has 24 atom stereocenters. The maximum absolute atomic E-state index is 15.8. The molecule has 5 fully saturated rings. The molecule has 0 saturated carbocycles. The van der Waals surface area contributed by atoms with Crippen LogP contribution < -0.4 is 58.3 Å². The van der Waals surface area contributed by atoms with Crippen molar-refractivity contribution >= 4 is 191 Å². The van der Waals surface area contributed by atoms with Crippen molar-refractivity contribution in [3.63, 3.8) is 0 Å². The molecule has 17 rings (SSSR count). The number of hydrogen-bond acceptors (Lipinski definition) is 40. The number of anilines is 5. The van der Waals surface area contributed by atoms with E-state index in [4.69, 9.17) is 95.2 Å². The Morgan fingerprint density at radius 1 is 0.456 bits per heavy atom. The van der Waals surface area contributed by atoms with Crippen LogP contribution in [0.5, 0.6) is 23.3 Å². The molecule has 0 aliphatic carbocycles. The monoisotopic (exact) mass is 2270 g/mol. The van der Waals surface area contributed by atoms with E-state index in [0.29, 0.717) is 11.0 Å². The molecule has 0 spiro atoms. The number of para-hydroxylation sites is 2. The minimum Gasteiger partial charge on any atom is -0.479 e. The second-order valence-corrected chi connectivity index (χ2v) is 41.3. The number of aliphatic hydroxyl groups excluding tert-OH is 8. The standard InChI is InChI=1S/C22H26BrFN5O7P.C22H25BrFN4O7P.C11H13BrFN5O4.C11H12BrFN4O4.C11H12BrFN4O3/c1-12(13(2)30)10-37(32,36-14-7-5-4-6-8-14)34-9-15-17(31)22(23,24)20(35-15)29-11-26-16-18(29)27-21(25)28-19(16)33-3;1-12(13(2)29)11-36(32,35-14-6-4-3-5-7-14)33-10-16-17(30)22(23,24)20(34-16)28-9-8-15-18(28)26-21(25)27-19(15)31;1-21-8-5-7(16-10(14)17-8)18(3-15-5)9-11(12,13)6(20)4(2-19)22-9;12-11(13)6(19)5(3-18)21-9(11)17-2-1-4-7(17)15-10(14)16-8(4)20;12-11(13)7(19)6(3-18)20-10(11)17-2-1-5-8(14)15-4-16-9(5)17/h4-8,11-12,15,17,20,31H,9-10H2,1-3H3,(H2,25,27,28);3-9,12,16-17,20,30H,10-11H2,1-2H3,(H3,25,26,27,31);3-4,6,9,19-20H,2H2,1H3,(H2,14,16,17);1-2,5-6,9,18-19H,3H2,(H3,14,15,16,20);1-2,4,6-7,10,18-19H,3H2,(H2,14,15,16)/t12-,15-,17+,20-,22?,37?;12-,16-,17+,20-,22?,36?;4-,6+,9-,11?;5-,6+,9-,11?;6-,7+,10-,11?/m11111/s1. The van der Waals surface area contributed by atoms with Gasteiger partial charge in [0.1, 0.15) is 102 Å². The number of rotatable bonds is 26. The molecule has 15 heterocycles. The van der Waals surface area contributed by atoms with Crippen molar-refractivity contribution in [2.45, 2.75) is 143 Å². The van der Waals surface area contributed by atoms with Gasteiger partial charge in [-0.1, -0.05) is 50.2 Å². The van der Waals surface area contributed by atoms with Crippen LogP contribution in [-0.4, -0.2) is 279 Å². The SMILES string of the molecule is CC(=O)[C@H](C)CP(=O)(OC[C@H]1O[C@@H](n2ccc3c(=O)[nH]c(N)nc32)C(F)(Br)[C@H]1O)Oc1ccccc1.COc1nc(N)nc2c1ncn2[C@@H]1O[C@H](CO)[C@H](O)C1(F)Br.COc1nc(N)nc2c1ncn2[C@@H]1O[C@H](COP(=O)(C[C@@H](C)C(C)=O)Oc2ccccc2)[C@H](O)C1(F)Br.Nc1nc2c(ccn2[C@@H]2O[C@H](CO)[C@H](O)C2(F)Br)c(=O)[nH]1.Nc1ncnc2c1ccn2[C@@H]1O[C@H](CO)[C@H](O)C1(F)Br. The number of fused-ring (bicyclic) bond motifs is 5. The smallest absolute Gasteiger partial charge is 0.379 e. The van der Waals surface area contributed by atoms with E-state index in [1.54, 1.807) is 86.8 Å². The van der Waals surface area contributed by atoms with Crippen molar-refractivity contribution in [1.82, 2.24) is 82.6 Å². The Bertz CT molecular complexity index is 6540. The highest BCUT2D eigenvalue weighted by Gasteiger charge is 2.62. The fourth-order valence-corrected chi connectivity index (χ4v) is 21.6. The molecule has 7 unspecified atom stereocenters. The van der Waals surface area contributed by atoms with Crippen LogP contribution in [0.1, 0.15) is 58.8 Å². The summed E-state index contributed by atoms with van der Waals surface area (Å²) in [5.74, 6) is -1.19. The van der Waals surface area contributed by atoms with Crippen molar-refractivity contribution in [3.05, 3.63) is 137 Å². The molecule has 59 heteroatoms. The van der Waals surface area contributed by atoms with Crippen LogP contribution in [0.4, 0.5) is 51.6 Å². The summed E-state index contributed by atoms with van der Waals surface area (Å²) in [6.45, 7) is 3.32. The van der Waals surface area contributed by atoms with Crippen molar-refractivity contribution in [2.24, 2.45) is 11.8 Å². The van der Waals surface area contributed by atoms with Crippen LogP contribution in [0.25, 0.3) is 55.4 Å². The van der Waals surface area contributed by atoms with Crippen molar-refractivity contribution in [3.8, 4) is 23.3 Å². The number of methoxy groups -OCH3 is 2. The summed E-state index contributed by atoms with van der Waals surface area (Å²) in [6, 6.07) is 21.0. The summed E-state index contributed by atoms with van der Waals surface area (Å²) in [5, 5.41) is 79.3. The molecule has 0 amide bonds. The van der Waals surface area contributed by atoms with Crippen molar-refractivity contribution in [1.29, 1.82) is 0 Å². The number of carbonyl (C=O) groups excluding carboxylic acids is 2. The number of ether oxygens (including phenoxy) is 7.